The van der Waals surface area contributed by atoms with Gasteiger partial charge in [-0.2, -0.15) is 5.10 Å². The van der Waals surface area contributed by atoms with Gasteiger partial charge in [0.15, 0.2) is 11.5 Å². The third-order valence-electron chi connectivity index (χ3n) is 5.19. The number of halogens is 3. The Morgan fingerprint density at radius 3 is 2.53 bits per heavy atom. The normalized spacial score (nSPS) is 12.7. The number of rotatable bonds is 5. The quantitative estimate of drug-likeness (QED) is 0.295. The second kappa shape index (κ2) is 9.06. The molecule has 0 fully saturated rings. The Morgan fingerprint density at radius 1 is 0.941 bits per heavy atom. The molecule has 0 saturated carbocycles. The van der Waals surface area contributed by atoms with E-state index in [4.69, 9.17) is 44.3 Å². The van der Waals surface area contributed by atoms with Gasteiger partial charge in [0.25, 0.3) is 0 Å². The molecular formula is C25H15Cl3N2O4. The van der Waals surface area contributed by atoms with Crippen molar-refractivity contribution < 1.29 is 19.4 Å². The molecule has 3 aromatic carbocycles. The molecule has 0 bridgehead atoms. The van der Waals surface area contributed by atoms with Crippen LogP contribution in [0, 0.1) is 0 Å². The van der Waals surface area contributed by atoms with Crippen LogP contribution in [0.1, 0.15) is 11.3 Å². The van der Waals surface area contributed by atoms with E-state index < -0.39 is 5.97 Å². The Bertz CT molecular complexity index is 1460. The van der Waals surface area contributed by atoms with Crippen molar-refractivity contribution in [1.29, 1.82) is 0 Å². The molecule has 0 radical (unpaired) electrons. The first-order valence-electron chi connectivity index (χ1n) is 10.1. The molecular weight excluding hydrogens is 499 g/mol. The topological polar surface area (TPSA) is 73.6 Å². The maximum atomic E-state index is 12.1. The molecule has 9 heteroatoms. The lowest BCUT2D eigenvalue weighted by atomic mass is 10.0. The molecule has 0 spiro atoms. The van der Waals surface area contributed by atoms with Gasteiger partial charge in [0.05, 0.1) is 27.7 Å². The number of carbonyl (C=O) groups is 1. The van der Waals surface area contributed by atoms with Crippen molar-refractivity contribution >= 4 is 52.4 Å². The summed E-state index contributed by atoms with van der Waals surface area (Å²) in [5.74, 6) is 0.136. The van der Waals surface area contributed by atoms with Gasteiger partial charge in [-0.3, -0.25) is 0 Å². The predicted molar refractivity (Wildman–Crippen MR) is 132 cm³/mol. The molecule has 1 aliphatic rings. The standard InChI is InChI=1S/C25H15Cl3N2O4/c26-16-3-1-2-14(8-16)19(25(31)32)11-18-12-21(15-4-7-23-24(9-15)34-13-33-23)30(29-18)22-10-17(27)5-6-20(22)28/h1-12H,13H2,(H,31,32)/b19-11+. The zero-order valence-electron chi connectivity index (χ0n) is 17.3. The fourth-order valence-corrected chi connectivity index (χ4v) is 4.19. The molecule has 6 nitrogen and oxygen atoms in total. The van der Waals surface area contributed by atoms with Crippen LogP contribution in [0.25, 0.3) is 28.6 Å². The molecule has 34 heavy (non-hydrogen) atoms. The van der Waals surface area contributed by atoms with E-state index in [-0.39, 0.29) is 12.4 Å². The van der Waals surface area contributed by atoms with Crippen LogP contribution < -0.4 is 9.47 Å². The van der Waals surface area contributed by atoms with E-state index in [1.165, 1.54) is 6.08 Å². The molecule has 170 valence electrons. The van der Waals surface area contributed by atoms with Crippen LogP contribution in [0.4, 0.5) is 0 Å². The molecule has 1 aromatic heterocycles. The summed E-state index contributed by atoms with van der Waals surface area (Å²) in [5, 5.41) is 15.9. The average Bonchev–Trinajstić information content (AvgIpc) is 3.45. The van der Waals surface area contributed by atoms with Crippen LogP contribution >= 0.6 is 34.8 Å². The fourth-order valence-electron chi connectivity index (χ4n) is 3.64. The van der Waals surface area contributed by atoms with E-state index in [9.17, 15) is 9.90 Å². The highest BCUT2D eigenvalue weighted by atomic mass is 35.5. The Morgan fingerprint density at radius 2 is 1.74 bits per heavy atom. The predicted octanol–water partition coefficient (Wildman–Crippen LogP) is 6.85. The van der Waals surface area contributed by atoms with Crippen molar-refractivity contribution in [1.82, 2.24) is 9.78 Å². The van der Waals surface area contributed by atoms with Crippen LogP contribution in [0.2, 0.25) is 15.1 Å². The van der Waals surface area contributed by atoms with E-state index in [1.807, 2.05) is 12.1 Å². The van der Waals surface area contributed by atoms with Gasteiger partial charge in [0.1, 0.15) is 0 Å². The Labute approximate surface area is 209 Å². The summed E-state index contributed by atoms with van der Waals surface area (Å²) >= 11 is 18.8. The highest BCUT2D eigenvalue weighted by Gasteiger charge is 2.20. The maximum Gasteiger partial charge on any atom is 0.336 e. The number of hydrogen-bond acceptors (Lipinski definition) is 4. The van der Waals surface area contributed by atoms with Crippen molar-refractivity contribution in [2.75, 3.05) is 6.79 Å². The largest absolute Gasteiger partial charge is 0.478 e. The first kappa shape index (κ1) is 22.3. The SMILES string of the molecule is O=C(O)/C(=C/c1cc(-c2ccc3c(c2)OCO3)n(-c2cc(Cl)ccc2Cl)n1)c1cccc(Cl)c1. The zero-order chi connectivity index (χ0) is 23.8. The van der Waals surface area contributed by atoms with Gasteiger partial charge in [-0.15, -0.1) is 0 Å². The van der Waals surface area contributed by atoms with Crippen molar-refractivity contribution in [2.45, 2.75) is 0 Å². The van der Waals surface area contributed by atoms with Crippen LogP contribution in [-0.4, -0.2) is 27.6 Å². The summed E-state index contributed by atoms with van der Waals surface area (Å²) in [6, 6.07) is 18.9. The summed E-state index contributed by atoms with van der Waals surface area (Å²) < 4.78 is 12.6. The first-order valence-corrected chi connectivity index (χ1v) is 11.2. The number of aromatic nitrogens is 2. The van der Waals surface area contributed by atoms with Gasteiger partial charge in [-0.05, 0) is 66.2 Å². The first-order chi connectivity index (χ1) is 16.4. The third kappa shape index (κ3) is 4.35. The molecule has 0 unspecified atom stereocenters. The minimum Gasteiger partial charge on any atom is -0.478 e. The Kier molecular flexibility index (Phi) is 5.96. The molecule has 0 atom stereocenters. The molecule has 0 amide bonds. The summed E-state index contributed by atoms with van der Waals surface area (Å²) in [4.78, 5) is 12.1. The number of hydrogen-bond donors (Lipinski definition) is 1. The number of nitrogens with zero attached hydrogens (tertiary/aromatic N) is 2. The lowest BCUT2D eigenvalue weighted by molar-refractivity contribution is -0.130. The lowest BCUT2D eigenvalue weighted by Crippen LogP contribution is -2.01. The molecule has 0 aliphatic carbocycles. The zero-order valence-corrected chi connectivity index (χ0v) is 19.6. The summed E-state index contributed by atoms with van der Waals surface area (Å²) in [6.07, 6.45) is 1.49. The second-order valence-electron chi connectivity index (χ2n) is 7.40. The number of aliphatic carboxylic acids is 1. The third-order valence-corrected chi connectivity index (χ3v) is 5.98. The molecule has 5 rings (SSSR count). The summed E-state index contributed by atoms with van der Waals surface area (Å²) in [7, 11) is 0. The lowest BCUT2D eigenvalue weighted by Gasteiger charge is -2.10. The number of ether oxygens (including phenoxy) is 2. The van der Waals surface area contributed by atoms with E-state index >= 15 is 0 Å². The fraction of sp³-hybridized carbons (Fsp3) is 0.0400. The van der Waals surface area contributed by atoms with Crippen LogP contribution in [-0.2, 0) is 4.79 Å². The highest BCUT2D eigenvalue weighted by molar-refractivity contribution is 6.34. The second-order valence-corrected chi connectivity index (χ2v) is 8.68. The van der Waals surface area contributed by atoms with E-state index in [2.05, 4.69) is 5.10 Å². The van der Waals surface area contributed by atoms with Crippen LogP contribution in [0.5, 0.6) is 11.5 Å². The van der Waals surface area contributed by atoms with Crippen LogP contribution in [0.15, 0.2) is 66.7 Å². The van der Waals surface area contributed by atoms with E-state index in [1.54, 1.807) is 59.3 Å². The van der Waals surface area contributed by atoms with E-state index in [0.717, 1.165) is 5.56 Å². The summed E-state index contributed by atoms with van der Waals surface area (Å²) in [6.45, 7) is 0.147. The molecule has 1 aliphatic heterocycles. The monoisotopic (exact) mass is 512 g/mol. The van der Waals surface area contributed by atoms with Gasteiger partial charge in [-0.1, -0.05) is 46.9 Å². The van der Waals surface area contributed by atoms with Crippen molar-refractivity contribution in [2.24, 2.45) is 0 Å². The molecule has 0 saturated heterocycles. The van der Waals surface area contributed by atoms with Gasteiger partial charge >= 0.3 is 5.97 Å². The van der Waals surface area contributed by atoms with Crippen molar-refractivity contribution in [3.8, 4) is 28.4 Å². The number of carboxylic acid groups (broad SMARTS) is 1. The van der Waals surface area contributed by atoms with Crippen LogP contribution in [0.3, 0.4) is 0 Å². The number of carboxylic acids is 1. The highest BCUT2D eigenvalue weighted by Crippen LogP contribution is 2.38. The Balaban J connectivity index is 1.70. The molecule has 1 N–H and O–H groups in total. The van der Waals surface area contributed by atoms with Gasteiger partial charge in [-0.25, -0.2) is 9.48 Å². The minimum atomic E-state index is -1.11. The molecule has 2 heterocycles. The van der Waals surface area contributed by atoms with Gasteiger partial charge in [0, 0.05) is 15.6 Å². The smallest absolute Gasteiger partial charge is 0.336 e. The van der Waals surface area contributed by atoms with Crippen molar-refractivity contribution in [3.05, 3.63) is 93.1 Å². The Hall–Kier alpha value is -3.45. The van der Waals surface area contributed by atoms with Gasteiger partial charge < -0.3 is 14.6 Å². The van der Waals surface area contributed by atoms with Gasteiger partial charge in [0.2, 0.25) is 6.79 Å². The maximum absolute atomic E-state index is 12.1. The number of benzene rings is 3. The number of fused-ring (bicyclic) bond motifs is 1. The summed E-state index contributed by atoms with van der Waals surface area (Å²) in [5.41, 5.74) is 2.88. The average molecular weight is 514 g/mol. The van der Waals surface area contributed by atoms with Crippen molar-refractivity contribution in [3.63, 3.8) is 0 Å². The minimum absolute atomic E-state index is 0.0431. The van der Waals surface area contributed by atoms with E-state index in [0.29, 0.717) is 49.2 Å². The molecule has 4 aromatic rings.